The van der Waals surface area contributed by atoms with Crippen molar-refractivity contribution < 1.29 is 17.4 Å². The molecular formula is C5H7CrN. The summed E-state index contributed by atoms with van der Waals surface area (Å²) in [5.41, 5.74) is 1.22. The number of H-pyrrole nitrogens is 1. The van der Waals surface area contributed by atoms with E-state index in [9.17, 15) is 0 Å². The maximum absolute atomic E-state index is 3.00. The first-order valence-corrected chi connectivity index (χ1v) is 1.99. The fourth-order valence-corrected chi connectivity index (χ4v) is 0.420. The maximum atomic E-state index is 3.00. The van der Waals surface area contributed by atoms with Crippen LogP contribution in [0.3, 0.4) is 0 Å². The predicted octanol–water partition coefficient (Wildman–Crippen LogP) is 1.32. The van der Waals surface area contributed by atoms with Gasteiger partial charge < -0.3 is 4.98 Å². The molecule has 1 nitrogen and oxygen atoms in total. The van der Waals surface area contributed by atoms with Gasteiger partial charge in [-0.1, -0.05) is 0 Å². The van der Waals surface area contributed by atoms with Crippen molar-refractivity contribution in [2.45, 2.75) is 6.92 Å². The van der Waals surface area contributed by atoms with Gasteiger partial charge >= 0.3 is 0 Å². The van der Waals surface area contributed by atoms with Gasteiger partial charge in [0.15, 0.2) is 0 Å². The first kappa shape index (κ1) is 6.81. The first-order chi connectivity index (χ1) is 2.89. The van der Waals surface area contributed by atoms with E-state index in [0.29, 0.717) is 0 Å². The molecule has 1 heterocycles. The average Bonchev–Trinajstić information content (AvgIpc) is 1.86. The maximum Gasteiger partial charge on any atom is 0.0115 e. The molecule has 0 aliphatic rings. The Morgan fingerprint density at radius 1 is 1.57 bits per heavy atom. The van der Waals surface area contributed by atoms with E-state index in [1.54, 1.807) is 0 Å². The van der Waals surface area contributed by atoms with Crippen molar-refractivity contribution in [3.8, 4) is 0 Å². The largest absolute Gasteiger partial charge is 0.365 e. The zero-order valence-corrected chi connectivity index (χ0v) is 5.42. The molecular weight excluding hydrogens is 126 g/mol. The molecule has 0 radical (unpaired) electrons. The third-order valence-corrected chi connectivity index (χ3v) is 0.753. The number of hydrogen-bond donors (Lipinski definition) is 1. The summed E-state index contributed by atoms with van der Waals surface area (Å²) in [5.74, 6) is 0. The van der Waals surface area contributed by atoms with Gasteiger partial charge in [-0.2, -0.15) is 0 Å². The fraction of sp³-hybridized carbons (Fsp3) is 0.200. The molecule has 1 rings (SSSR count). The van der Waals surface area contributed by atoms with E-state index >= 15 is 0 Å². The summed E-state index contributed by atoms with van der Waals surface area (Å²) in [6, 6.07) is 4.01. The number of nitrogens with one attached hydrogen (secondary N) is 1. The van der Waals surface area contributed by atoms with Crippen LogP contribution in [0.2, 0.25) is 0 Å². The Kier molecular flexibility index (Phi) is 2.82. The van der Waals surface area contributed by atoms with Crippen LogP contribution in [0.25, 0.3) is 0 Å². The van der Waals surface area contributed by atoms with Crippen molar-refractivity contribution in [3.05, 3.63) is 24.0 Å². The first-order valence-electron chi connectivity index (χ1n) is 1.99. The summed E-state index contributed by atoms with van der Waals surface area (Å²) in [7, 11) is 0. The van der Waals surface area contributed by atoms with Crippen LogP contribution in [-0.2, 0) is 17.4 Å². The number of rotatable bonds is 0. The quantitative estimate of drug-likeness (QED) is 0.549. The Morgan fingerprint density at radius 3 is 2.43 bits per heavy atom. The SMILES string of the molecule is Cc1ccc[nH]1.[Cr]. The molecule has 1 aromatic rings. The summed E-state index contributed by atoms with van der Waals surface area (Å²) >= 11 is 0. The minimum atomic E-state index is 0. The van der Waals surface area contributed by atoms with E-state index in [1.807, 2.05) is 25.3 Å². The zero-order valence-electron chi connectivity index (χ0n) is 4.14. The molecule has 0 bridgehead atoms. The summed E-state index contributed by atoms with van der Waals surface area (Å²) in [6.45, 7) is 2.03. The van der Waals surface area contributed by atoms with E-state index < -0.39 is 0 Å². The number of aromatic nitrogens is 1. The molecule has 7 heavy (non-hydrogen) atoms. The molecule has 2 heteroatoms. The monoisotopic (exact) mass is 133 g/mol. The summed E-state index contributed by atoms with van der Waals surface area (Å²) in [4.78, 5) is 3.00. The smallest absolute Gasteiger partial charge is 0.0115 e. The van der Waals surface area contributed by atoms with Gasteiger partial charge in [0.25, 0.3) is 0 Å². The Bertz CT molecular complexity index is 112. The summed E-state index contributed by atoms with van der Waals surface area (Å²) in [6.07, 6.45) is 1.91. The standard InChI is InChI=1S/C5H7N.Cr/c1-5-3-2-4-6-5;/h2-4,6H,1H3;. The molecule has 0 aliphatic carbocycles. The van der Waals surface area contributed by atoms with Gasteiger partial charge in [0.2, 0.25) is 0 Å². The molecule has 0 aromatic carbocycles. The molecule has 0 atom stereocenters. The summed E-state index contributed by atoms with van der Waals surface area (Å²) in [5, 5.41) is 0. The van der Waals surface area contributed by atoms with Crippen molar-refractivity contribution in [1.82, 2.24) is 4.98 Å². The molecule has 1 N–H and O–H groups in total. The molecule has 0 amide bonds. The second kappa shape index (κ2) is 2.90. The molecule has 0 aliphatic heterocycles. The molecule has 1 aromatic heterocycles. The minimum Gasteiger partial charge on any atom is -0.365 e. The van der Waals surface area contributed by atoms with E-state index in [2.05, 4.69) is 4.98 Å². The number of aryl methyl sites for hydroxylation is 1. The summed E-state index contributed by atoms with van der Waals surface area (Å²) < 4.78 is 0. The van der Waals surface area contributed by atoms with Crippen LogP contribution in [0.1, 0.15) is 5.69 Å². The van der Waals surface area contributed by atoms with Gasteiger partial charge in [-0.25, -0.2) is 0 Å². The van der Waals surface area contributed by atoms with Gasteiger partial charge in [0.1, 0.15) is 0 Å². The van der Waals surface area contributed by atoms with Crippen LogP contribution in [-0.4, -0.2) is 4.98 Å². The third kappa shape index (κ3) is 1.82. The van der Waals surface area contributed by atoms with Crippen LogP contribution in [0.4, 0.5) is 0 Å². The van der Waals surface area contributed by atoms with Crippen LogP contribution < -0.4 is 0 Å². The van der Waals surface area contributed by atoms with Crippen LogP contribution in [0.5, 0.6) is 0 Å². The Balaban J connectivity index is 0.000000360. The van der Waals surface area contributed by atoms with E-state index in [0.717, 1.165) is 0 Å². The van der Waals surface area contributed by atoms with Gasteiger partial charge in [0.05, 0.1) is 0 Å². The van der Waals surface area contributed by atoms with Crippen LogP contribution in [0, 0.1) is 6.92 Å². The van der Waals surface area contributed by atoms with E-state index in [4.69, 9.17) is 0 Å². The van der Waals surface area contributed by atoms with Crippen molar-refractivity contribution in [1.29, 1.82) is 0 Å². The van der Waals surface area contributed by atoms with Gasteiger partial charge in [-0.15, -0.1) is 0 Å². The van der Waals surface area contributed by atoms with Gasteiger partial charge in [-0.3, -0.25) is 0 Å². The second-order valence-corrected chi connectivity index (χ2v) is 1.35. The van der Waals surface area contributed by atoms with Gasteiger partial charge in [-0.05, 0) is 19.1 Å². The van der Waals surface area contributed by atoms with E-state index in [-0.39, 0.29) is 17.4 Å². The van der Waals surface area contributed by atoms with Crippen molar-refractivity contribution in [2.75, 3.05) is 0 Å². The molecule has 0 saturated carbocycles. The number of hydrogen-bond acceptors (Lipinski definition) is 0. The Labute approximate surface area is 53.9 Å². The Morgan fingerprint density at radius 2 is 2.29 bits per heavy atom. The second-order valence-electron chi connectivity index (χ2n) is 1.35. The van der Waals surface area contributed by atoms with Crippen molar-refractivity contribution in [2.24, 2.45) is 0 Å². The van der Waals surface area contributed by atoms with Gasteiger partial charge in [0, 0.05) is 29.3 Å². The van der Waals surface area contributed by atoms with E-state index in [1.165, 1.54) is 5.69 Å². The fourth-order valence-electron chi connectivity index (χ4n) is 0.420. The zero-order chi connectivity index (χ0) is 4.41. The van der Waals surface area contributed by atoms with Crippen LogP contribution in [0.15, 0.2) is 18.3 Å². The van der Waals surface area contributed by atoms with Crippen molar-refractivity contribution in [3.63, 3.8) is 0 Å². The molecule has 0 saturated heterocycles. The molecule has 0 unspecified atom stereocenters. The predicted molar refractivity (Wildman–Crippen MR) is 25.5 cm³/mol. The molecule has 0 fully saturated rings. The molecule has 0 spiro atoms. The van der Waals surface area contributed by atoms with Crippen LogP contribution >= 0.6 is 0 Å². The molecule has 38 valence electrons. The minimum absolute atomic E-state index is 0. The van der Waals surface area contributed by atoms with Crippen molar-refractivity contribution >= 4 is 0 Å². The topological polar surface area (TPSA) is 15.8 Å². The number of aromatic amines is 1. The third-order valence-electron chi connectivity index (χ3n) is 0.753. The normalized spacial score (nSPS) is 7.57. The average molecular weight is 133 g/mol. The Hall–Kier alpha value is -0.188.